The minimum absolute atomic E-state index is 0.0331. The van der Waals surface area contributed by atoms with E-state index in [-0.39, 0.29) is 60.3 Å². The maximum absolute atomic E-state index is 15.0. The van der Waals surface area contributed by atoms with Gasteiger partial charge < -0.3 is 25.6 Å². The lowest BCUT2D eigenvalue weighted by molar-refractivity contribution is -0.192. The maximum atomic E-state index is 15.0. The first-order chi connectivity index (χ1) is 20.6. The average Bonchev–Trinajstić information content (AvgIpc) is 3.48. The van der Waals surface area contributed by atoms with Crippen LogP contribution in [0.4, 0.5) is 42.9 Å². The van der Waals surface area contributed by atoms with Crippen LogP contribution in [-0.2, 0) is 29.9 Å². The van der Waals surface area contributed by atoms with E-state index in [9.17, 15) is 31.8 Å². The molecule has 1 unspecified atom stereocenters. The molecule has 2 aromatic carbocycles. The Morgan fingerprint density at radius 3 is 1.84 bits per heavy atom. The number of anilines is 2. The summed E-state index contributed by atoms with van der Waals surface area (Å²) in [4.78, 5) is 46.9. The summed E-state index contributed by atoms with van der Waals surface area (Å²) < 4.78 is 84.1. The number of cyclic esters (lactones) is 2. The molecule has 0 spiro atoms. The van der Waals surface area contributed by atoms with Gasteiger partial charge >= 0.3 is 24.3 Å². The van der Waals surface area contributed by atoms with Gasteiger partial charge in [-0.15, -0.1) is 0 Å². The van der Waals surface area contributed by atoms with Crippen molar-refractivity contribution in [1.29, 1.82) is 0 Å². The minimum atomic E-state index is -5.08. The van der Waals surface area contributed by atoms with Crippen LogP contribution in [0.3, 0.4) is 0 Å². The van der Waals surface area contributed by atoms with E-state index in [1.807, 2.05) is 0 Å². The second-order valence-electron chi connectivity index (χ2n) is 9.40. The van der Waals surface area contributed by atoms with Crippen LogP contribution in [0.1, 0.15) is 6.92 Å². The van der Waals surface area contributed by atoms with Crippen molar-refractivity contribution in [1.82, 2.24) is 5.32 Å². The number of aliphatic carboxylic acids is 1. The largest absolute Gasteiger partial charge is 0.490 e. The standard InChI is InChI=1S/C24H26F2N4O6S.C2HF3O2/c1-14(31)28-10-17-11-29(23(32)35-17)15-2-4-19(21(25)8-15)20-5-3-16(9-22(20)26)30-12-18(36-24(30)33)13-37(34)7-6-27;3-2(4,5)1(6)7/h2-5,8-9,17-18H,6-7,10-13,27H2,1H3,(H,28,31);(H,6,7)/t17-,18+,37?;/m0./s1. The summed E-state index contributed by atoms with van der Waals surface area (Å²) in [5.74, 6) is -4.12. The third-order valence-corrected chi connectivity index (χ3v) is 7.54. The fourth-order valence-corrected chi connectivity index (χ4v) is 5.14. The number of carboxylic acids is 1. The molecule has 0 aliphatic carbocycles. The predicted octanol–water partition coefficient (Wildman–Crippen LogP) is 2.76. The van der Waals surface area contributed by atoms with Gasteiger partial charge in [-0.2, -0.15) is 13.2 Å². The van der Waals surface area contributed by atoms with Crippen molar-refractivity contribution < 1.29 is 59.9 Å². The Hall–Kier alpha value is -4.32. The molecule has 3 atom stereocenters. The number of alkyl halides is 3. The Morgan fingerprint density at radius 2 is 1.43 bits per heavy atom. The van der Waals surface area contributed by atoms with Crippen molar-refractivity contribution in [2.75, 3.05) is 47.5 Å². The number of rotatable bonds is 9. The lowest BCUT2D eigenvalue weighted by Crippen LogP contribution is -2.33. The molecule has 0 aromatic heterocycles. The zero-order valence-corrected chi connectivity index (χ0v) is 23.8. The smallest absolute Gasteiger partial charge is 0.475 e. The van der Waals surface area contributed by atoms with Crippen molar-refractivity contribution in [3.05, 3.63) is 48.0 Å². The fourth-order valence-electron chi connectivity index (χ4n) is 4.12. The number of amides is 3. The zero-order chi connectivity index (χ0) is 32.8. The van der Waals surface area contributed by atoms with E-state index in [1.165, 1.54) is 41.0 Å². The van der Waals surface area contributed by atoms with Crippen LogP contribution in [0.15, 0.2) is 36.4 Å². The molecule has 3 amide bonds. The lowest BCUT2D eigenvalue weighted by atomic mass is 10.0. The van der Waals surface area contributed by atoms with Gasteiger partial charge in [-0.05, 0) is 36.4 Å². The normalized spacial score (nSPS) is 18.7. The molecule has 0 bridgehead atoms. The van der Waals surface area contributed by atoms with Crippen LogP contribution in [0.25, 0.3) is 11.1 Å². The molecule has 44 heavy (non-hydrogen) atoms. The highest BCUT2D eigenvalue weighted by atomic mass is 32.2. The van der Waals surface area contributed by atoms with Crippen LogP contribution in [0.2, 0.25) is 0 Å². The molecule has 2 aliphatic rings. The number of hydrogen-bond donors (Lipinski definition) is 3. The number of carboxylic acid groups (broad SMARTS) is 1. The molecule has 4 N–H and O–H groups in total. The molecule has 2 aromatic rings. The van der Waals surface area contributed by atoms with Gasteiger partial charge in [0.25, 0.3) is 0 Å². The van der Waals surface area contributed by atoms with E-state index < -0.39 is 59.0 Å². The molecule has 0 saturated carbocycles. The van der Waals surface area contributed by atoms with Crippen molar-refractivity contribution in [2.45, 2.75) is 25.3 Å². The lowest BCUT2D eigenvalue weighted by Gasteiger charge is -2.16. The van der Waals surface area contributed by atoms with Gasteiger partial charge in [0.05, 0.1) is 36.8 Å². The van der Waals surface area contributed by atoms with Crippen molar-refractivity contribution >= 4 is 46.2 Å². The summed E-state index contributed by atoms with van der Waals surface area (Å²) in [6, 6.07) is 7.85. The number of nitrogens with two attached hydrogens (primary N) is 1. The quantitative estimate of drug-likeness (QED) is 0.346. The second-order valence-corrected chi connectivity index (χ2v) is 11.0. The molecule has 240 valence electrons. The molecule has 12 nitrogen and oxygen atoms in total. The maximum Gasteiger partial charge on any atom is 0.490 e. The number of benzene rings is 2. The van der Waals surface area contributed by atoms with E-state index >= 15 is 8.78 Å². The molecule has 4 rings (SSSR count). The summed E-state index contributed by atoms with van der Waals surface area (Å²) in [5, 5.41) is 9.69. The molecule has 0 radical (unpaired) electrons. The first-order valence-corrected chi connectivity index (χ1v) is 14.2. The Bertz CT molecular complexity index is 1440. The van der Waals surface area contributed by atoms with Crippen LogP contribution in [0, 0.1) is 11.6 Å². The van der Waals surface area contributed by atoms with E-state index in [1.54, 1.807) is 0 Å². The van der Waals surface area contributed by atoms with Crippen molar-refractivity contribution in [2.24, 2.45) is 5.73 Å². The van der Waals surface area contributed by atoms with Crippen molar-refractivity contribution in [3.63, 3.8) is 0 Å². The number of carbonyl (C=O) groups excluding carboxylic acids is 3. The molecular formula is C26H27F5N4O8S. The van der Waals surface area contributed by atoms with Crippen LogP contribution < -0.4 is 20.9 Å². The summed E-state index contributed by atoms with van der Waals surface area (Å²) in [5.41, 5.74) is 5.78. The van der Waals surface area contributed by atoms with Crippen LogP contribution in [-0.4, -0.2) is 89.4 Å². The van der Waals surface area contributed by atoms with Crippen molar-refractivity contribution in [3.8, 4) is 11.1 Å². The van der Waals surface area contributed by atoms with Gasteiger partial charge in [-0.1, -0.05) is 0 Å². The predicted molar refractivity (Wildman–Crippen MR) is 146 cm³/mol. The van der Waals surface area contributed by atoms with Gasteiger partial charge in [0.2, 0.25) is 5.91 Å². The summed E-state index contributed by atoms with van der Waals surface area (Å²) in [6.07, 6.45) is -7.64. The Labute approximate surface area is 249 Å². The van der Waals surface area contributed by atoms with Crippen LogP contribution >= 0.6 is 0 Å². The first-order valence-electron chi connectivity index (χ1n) is 12.8. The van der Waals surface area contributed by atoms with Gasteiger partial charge in [0.15, 0.2) is 0 Å². The summed E-state index contributed by atoms with van der Waals surface area (Å²) in [6.45, 7) is 1.95. The molecule has 2 fully saturated rings. The number of nitrogens with one attached hydrogen (secondary N) is 1. The fraction of sp³-hybridized carbons (Fsp3) is 0.385. The average molecular weight is 651 g/mol. The third kappa shape index (κ3) is 8.85. The van der Waals surface area contributed by atoms with Gasteiger partial charge in [0, 0.05) is 41.1 Å². The highest BCUT2D eigenvalue weighted by Gasteiger charge is 2.38. The molecule has 2 aliphatic heterocycles. The number of ether oxygens (including phenoxy) is 2. The van der Waals surface area contributed by atoms with Gasteiger partial charge in [-0.25, -0.2) is 23.2 Å². The molecule has 2 heterocycles. The Balaban J connectivity index is 0.000000676. The number of hydrogen-bond acceptors (Lipinski definition) is 8. The van der Waals surface area contributed by atoms with E-state index in [0.717, 1.165) is 12.1 Å². The Kier molecular flexibility index (Phi) is 11.2. The Morgan fingerprint density at radius 1 is 0.977 bits per heavy atom. The molecule has 2 saturated heterocycles. The monoisotopic (exact) mass is 650 g/mol. The van der Waals surface area contributed by atoms with E-state index in [0.29, 0.717) is 5.75 Å². The first kappa shape index (κ1) is 34.2. The zero-order valence-electron chi connectivity index (χ0n) is 22.9. The van der Waals surface area contributed by atoms with Gasteiger partial charge in [-0.3, -0.25) is 18.8 Å². The summed E-state index contributed by atoms with van der Waals surface area (Å²) in [7, 11) is -1.24. The SMILES string of the molecule is CC(=O)NC[C@H]1CN(c2ccc(-c3ccc(N4C[C@H](CS(=O)CCN)OC4=O)cc3F)c(F)c2)C(=O)O1.O=C(O)C(F)(F)F. The topological polar surface area (TPSA) is 169 Å². The molecular weight excluding hydrogens is 623 g/mol. The summed E-state index contributed by atoms with van der Waals surface area (Å²) >= 11 is 0. The van der Waals surface area contributed by atoms with E-state index in [4.69, 9.17) is 25.1 Å². The number of nitrogens with zero attached hydrogens (tertiary/aromatic N) is 2. The third-order valence-electron chi connectivity index (χ3n) is 6.11. The molecule has 18 heteroatoms. The number of carbonyl (C=O) groups is 4. The minimum Gasteiger partial charge on any atom is -0.475 e. The number of halogens is 5. The second kappa shape index (κ2) is 14.4. The van der Waals surface area contributed by atoms with Crippen LogP contribution in [0.5, 0.6) is 0 Å². The highest BCUT2D eigenvalue weighted by molar-refractivity contribution is 7.85. The van der Waals surface area contributed by atoms with E-state index in [2.05, 4.69) is 5.32 Å². The van der Waals surface area contributed by atoms with Gasteiger partial charge in [0.1, 0.15) is 23.8 Å². The highest BCUT2D eigenvalue weighted by Crippen LogP contribution is 2.33.